The SMILES string of the molecule is CCNC(=NCc1ccc(CN2CCCCC2)cc1)NCCc1cccc(C(=O)NC)c1.I. The van der Waals surface area contributed by atoms with Crippen LogP contribution in [0.25, 0.3) is 0 Å². The van der Waals surface area contributed by atoms with Crippen molar-refractivity contribution < 1.29 is 4.79 Å². The van der Waals surface area contributed by atoms with Crippen molar-refractivity contribution in [3.63, 3.8) is 0 Å². The van der Waals surface area contributed by atoms with Crippen LogP contribution in [-0.4, -0.2) is 50.0 Å². The van der Waals surface area contributed by atoms with Gasteiger partial charge in [-0.3, -0.25) is 9.69 Å². The Morgan fingerprint density at radius 2 is 1.70 bits per heavy atom. The van der Waals surface area contributed by atoms with E-state index in [9.17, 15) is 4.79 Å². The molecular formula is C26H38IN5O. The smallest absolute Gasteiger partial charge is 0.251 e. The highest BCUT2D eigenvalue weighted by Crippen LogP contribution is 2.14. The summed E-state index contributed by atoms with van der Waals surface area (Å²) in [5.41, 5.74) is 4.40. The Balaban J connectivity index is 0.00000385. The fraction of sp³-hybridized carbons (Fsp3) is 0.462. The summed E-state index contributed by atoms with van der Waals surface area (Å²) in [6.07, 6.45) is 4.84. The number of benzene rings is 2. The first kappa shape index (κ1) is 27.1. The largest absolute Gasteiger partial charge is 0.357 e. The number of guanidine groups is 1. The lowest BCUT2D eigenvalue weighted by atomic mass is 10.1. The van der Waals surface area contributed by atoms with Gasteiger partial charge in [-0.2, -0.15) is 0 Å². The maximum Gasteiger partial charge on any atom is 0.251 e. The molecule has 1 amide bonds. The fourth-order valence-corrected chi connectivity index (χ4v) is 3.98. The van der Waals surface area contributed by atoms with Crippen LogP contribution in [0.15, 0.2) is 53.5 Å². The zero-order valence-electron chi connectivity index (χ0n) is 19.9. The summed E-state index contributed by atoms with van der Waals surface area (Å²) in [6.45, 7) is 7.77. The van der Waals surface area contributed by atoms with E-state index in [0.29, 0.717) is 12.1 Å². The molecular weight excluding hydrogens is 525 g/mol. The van der Waals surface area contributed by atoms with E-state index in [-0.39, 0.29) is 29.9 Å². The molecule has 0 saturated carbocycles. The molecule has 2 aromatic rings. The van der Waals surface area contributed by atoms with E-state index in [1.807, 2.05) is 24.3 Å². The topological polar surface area (TPSA) is 68.8 Å². The third kappa shape index (κ3) is 9.33. The first-order chi connectivity index (χ1) is 15.7. The predicted octanol–water partition coefficient (Wildman–Crippen LogP) is 3.95. The molecule has 0 aromatic heterocycles. The molecule has 3 N–H and O–H groups in total. The fourth-order valence-electron chi connectivity index (χ4n) is 3.98. The molecule has 0 aliphatic carbocycles. The molecule has 180 valence electrons. The lowest BCUT2D eigenvalue weighted by Gasteiger charge is -2.26. The van der Waals surface area contributed by atoms with Crippen LogP contribution in [0.3, 0.4) is 0 Å². The Morgan fingerprint density at radius 1 is 0.970 bits per heavy atom. The molecule has 33 heavy (non-hydrogen) atoms. The van der Waals surface area contributed by atoms with Gasteiger partial charge in [-0.15, -0.1) is 24.0 Å². The summed E-state index contributed by atoms with van der Waals surface area (Å²) < 4.78 is 0. The first-order valence-electron chi connectivity index (χ1n) is 11.8. The lowest BCUT2D eigenvalue weighted by molar-refractivity contribution is 0.0963. The van der Waals surface area contributed by atoms with Gasteiger partial charge in [0.2, 0.25) is 0 Å². The first-order valence-corrected chi connectivity index (χ1v) is 11.8. The van der Waals surface area contributed by atoms with Gasteiger partial charge in [0.15, 0.2) is 5.96 Å². The van der Waals surface area contributed by atoms with E-state index in [0.717, 1.165) is 37.6 Å². The van der Waals surface area contributed by atoms with Crippen molar-refractivity contribution in [1.29, 1.82) is 0 Å². The van der Waals surface area contributed by atoms with Crippen molar-refractivity contribution in [1.82, 2.24) is 20.9 Å². The van der Waals surface area contributed by atoms with Crippen molar-refractivity contribution >= 4 is 35.8 Å². The lowest BCUT2D eigenvalue weighted by Crippen LogP contribution is -2.38. The van der Waals surface area contributed by atoms with E-state index < -0.39 is 0 Å². The number of amides is 1. The van der Waals surface area contributed by atoms with E-state index in [1.165, 1.54) is 43.5 Å². The molecule has 0 radical (unpaired) electrons. The molecule has 6 nitrogen and oxygen atoms in total. The quantitative estimate of drug-likeness (QED) is 0.246. The Kier molecular flexibility index (Phi) is 12.2. The van der Waals surface area contributed by atoms with Crippen LogP contribution in [0, 0.1) is 0 Å². The third-order valence-electron chi connectivity index (χ3n) is 5.76. The Hall–Kier alpha value is -2.13. The average molecular weight is 564 g/mol. The number of nitrogens with zero attached hydrogens (tertiary/aromatic N) is 2. The molecule has 1 aliphatic heterocycles. The van der Waals surface area contributed by atoms with Crippen LogP contribution in [0.2, 0.25) is 0 Å². The second-order valence-electron chi connectivity index (χ2n) is 8.30. The number of nitrogens with one attached hydrogen (secondary N) is 3. The Bertz CT molecular complexity index is 879. The predicted molar refractivity (Wildman–Crippen MR) is 147 cm³/mol. The minimum absolute atomic E-state index is 0. The summed E-state index contributed by atoms with van der Waals surface area (Å²) in [6, 6.07) is 16.6. The molecule has 0 spiro atoms. The van der Waals surface area contributed by atoms with Crippen LogP contribution in [0.1, 0.15) is 53.2 Å². The number of hydrogen-bond donors (Lipinski definition) is 3. The zero-order valence-corrected chi connectivity index (χ0v) is 22.2. The van der Waals surface area contributed by atoms with Crippen LogP contribution in [0.4, 0.5) is 0 Å². The van der Waals surface area contributed by atoms with Gasteiger partial charge >= 0.3 is 0 Å². The molecule has 2 aromatic carbocycles. The molecule has 0 bridgehead atoms. The van der Waals surface area contributed by atoms with Gasteiger partial charge in [-0.05, 0) is 68.1 Å². The minimum atomic E-state index is -0.0587. The van der Waals surface area contributed by atoms with Crippen molar-refractivity contribution in [2.75, 3.05) is 33.2 Å². The Morgan fingerprint density at radius 3 is 2.39 bits per heavy atom. The van der Waals surface area contributed by atoms with Gasteiger partial charge in [0.05, 0.1) is 6.54 Å². The highest BCUT2D eigenvalue weighted by Gasteiger charge is 2.10. The normalized spacial score (nSPS) is 14.3. The van der Waals surface area contributed by atoms with E-state index >= 15 is 0 Å². The summed E-state index contributed by atoms with van der Waals surface area (Å²) >= 11 is 0. The highest BCUT2D eigenvalue weighted by molar-refractivity contribution is 14.0. The van der Waals surface area contributed by atoms with Crippen molar-refractivity contribution in [3.8, 4) is 0 Å². The van der Waals surface area contributed by atoms with Crippen molar-refractivity contribution in [2.24, 2.45) is 4.99 Å². The van der Waals surface area contributed by atoms with Gasteiger partial charge in [0.1, 0.15) is 0 Å². The summed E-state index contributed by atoms with van der Waals surface area (Å²) in [5.74, 6) is 0.754. The third-order valence-corrected chi connectivity index (χ3v) is 5.76. The van der Waals surface area contributed by atoms with E-state index in [2.05, 4.69) is 52.0 Å². The van der Waals surface area contributed by atoms with E-state index in [1.54, 1.807) is 7.05 Å². The number of piperidine rings is 1. The molecule has 1 fully saturated rings. The molecule has 7 heteroatoms. The maximum absolute atomic E-state index is 11.8. The van der Waals surface area contributed by atoms with Gasteiger partial charge in [0.25, 0.3) is 5.91 Å². The number of aliphatic imine (C=N–C) groups is 1. The molecule has 1 aliphatic rings. The van der Waals surface area contributed by atoms with Gasteiger partial charge in [0, 0.05) is 32.2 Å². The Labute approximate surface area is 215 Å². The average Bonchev–Trinajstić information content (AvgIpc) is 2.84. The number of likely N-dealkylation sites (tertiary alicyclic amines) is 1. The van der Waals surface area contributed by atoms with Crippen molar-refractivity contribution in [3.05, 3.63) is 70.8 Å². The minimum Gasteiger partial charge on any atom is -0.357 e. The summed E-state index contributed by atoms with van der Waals surface area (Å²) in [4.78, 5) is 19.1. The number of rotatable bonds is 9. The van der Waals surface area contributed by atoms with Crippen LogP contribution in [0.5, 0.6) is 0 Å². The van der Waals surface area contributed by atoms with Gasteiger partial charge < -0.3 is 16.0 Å². The number of carbonyl (C=O) groups excluding carboxylic acids is 1. The van der Waals surface area contributed by atoms with Crippen LogP contribution in [-0.2, 0) is 19.5 Å². The second kappa shape index (κ2) is 14.9. The zero-order chi connectivity index (χ0) is 22.6. The van der Waals surface area contributed by atoms with Crippen LogP contribution >= 0.6 is 24.0 Å². The van der Waals surface area contributed by atoms with Gasteiger partial charge in [-0.25, -0.2) is 4.99 Å². The molecule has 0 unspecified atom stereocenters. The number of carbonyl (C=O) groups is 1. The number of halogens is 1. The van der Waals surface area contributed by atoms with E-state index in [4.69, 9.17) is 4.99 Å². The monoisotopic (exact) mass is 563 g/mol. The highest BCUT2D eigenvalue weighted by atomic mass is 127. The standard InChI is InChI=1S/C26H37N5O.HI/c1-3-28-26(29-15-14-21-8-7-9-24(18-21)25(32)27-2)30-19-22-10-12-23(13-11-22)20-31-16-5-4-6-17-31;/h7-13,18H,3-6,14-17,19-20H2,1-2H3,(H,27,32)(H2,28,29,30);1H. The molecule has 1 saturated heterocycles. The van der Waals surface area contributed by atoms with Crippen LogP contribution < -0.4 is 16.0 Å². The second-order valence-corrected chi connectivity index (χ2v) is 8.30. The number of hydrogen-bond acceptors (Lipinski definition) is 3. The molecule has 1 heterocycles. The van der Waals surface area contributed by atoms with Gasteiger partial charge in [-0.1, -0.05) is 42.8 Å². The van der Waals surface area contributed by atoms with Crippen molar-refractivity contribution in [2.45, 2.75) is 45.7 Å². The molecule has 0 atom stereocenters. The maximum atomic E-state index is 11.8. The molecule has 3 rings (SSSR count). The summed E-state index contributed by atoms with van der Waals surface area (Å²) in [7, 11) is 1.65. The summed E-state index contributed by atoms with van der Waals surface area (Å²) in [5, 5.41) is 9.38.